The van der Waals surface area contributed by atoms with Crippen molar-refractivity contribution in [2.75, 3.05) is 13.2 Å². The molecule has 2 spiro atoms. The topological polar surface area (TPSA) is 101 Å². The van der Waals surface area contributed by atoms with E-state index in [9.17, 15) is 26.0 Å². The lowest BCUT2D eigenvalue weighted by molar-refractivity contribution is -0.356. The third kappa shape index (κ3) is 4.53. The first kappa shape index (κ1) is 24.6. The Bertz CT molecular complexity index is 744. The van der Waals surface area contributed by atoms with Gasteiger partial charge in [-0.1, -0.05) is 12.8 Å². The molecule has 0 aromatic carbocycles. The third-order valence-corrected chi connectivity index (χ3v) is 7.55. The van der Waals surface area contributed by atoms with Crippen LogP contribution in [-0.4, -0.2) is 67.4 Å². The second-order valence-electron chi connectivity index (χ2n) is 8.97. The minimum atomic E-state index is -6.46. The molecule has 0 amide bonds. The lowest BCUT2D eigenvalue weighted by atomic mass is 9.94. The van der Waals surface area contributed by atoms with Gasteiger partial charge in [-0.15, -0.1) is 0 Å². The minimum absolute atomic E-state index is 0.217. The van der Waals surface area contributed by atoms with E-state index in [0.717, 1.165) is 38.5 Å². The van der Waals surface area contributed by atoms with Crippen LogP contribution in [0.3, 0.4) is 0 Å². The predicted molar refractivity (Wildman–Crippen MR) is 99.6 cm³/mol. The average Bonchev–Trinajstić information content (AvgIpc) is 3.31. The monoisotopic (exact) mass is 492 g/mol. The molecule has 186 valence electrons. The van der Waals surface area contributed by atoms with E-state index < -0.39 is 51.4 Å². The second kappa shape index (κ2) is 8.58. The molecule has 8 nitrogen and oxygen atoms in total. The Labute approximate surface area is 183 Å². The van der Waals surface area contributed by atoms with Gasteiger partial charge in [0.05, 0.1) is 13.2 Å². The molecule has 32 heavy (non-hydrogen) atoms. The van der Waals surface area contributed by atoms with Crippen LogP contribution in [-0.2, 0) is 33.8 Å². The summed E-state index contributed by atoms with van der Waals surface area (Å²) in [5.74, 6) is -2.04. The fraction of sp³-hybridized carbons (Fsp3) is 1.00. The third-order valence-electron chi connectivity index (χ3n) is 6.66. The van der Waals surface area contributed by atoms with E-state index in [4.69, 9.17) is 23.5 Å². The van der Waals surface area contributed by atoms with Crippen molar-refractivity contribution in [2.45, 2.75) is 105 Å². The largest absolute Gasteiger partial charge is 0.459 e. The molecular formula is C19H28F4O8S. The van der Waals surface area contributed by atoms with E-state index in [1.165, 1.54) is 0 Å². The van der Waals surface area contributed by atoms with Gasteiger partial charge in [-0.25, -0.2) is 0 Å². The summed E-state index contributed by atoms with van der Waals surface area (Å²) in [5, 5.41) is -5.87. The Morgan fingerprint density at radius 2 is 1.22 bits per heavy atom. The van der Waals surface area contributed by atoms with Gasteiger partial charge in [-0.05, 0) is 25.7 Å². The molecule has 1 N–H and O–H groups in total. The maximum Gasteiger partial charge on any atom is 0.459 e. The highest BCUT2D eigenvalue weighted by Gasteiger charge is 2.69. The molecule has 4 fully saturated rings. The van der Waals surface area contributed by atoms with Gasteiger partial charge in [0.2, 0.25) is 0 Å². The molecule has 0 bridgehead atoms. The molecule has 0 aromatic rings. The molecule has 2 aliphatic heterocycles. The van der Waals surface area contributed by atoms with E-state index in [0.29, 0.717) is 25.7 Å². The number of halogens is 4. The Hall–Kier alpha value is -0.570. The molecule has 4 rings (SSSR count). The fourth-order valence-electron chi connectivity index (χ4n) is 4.97. The van der Waals surface area contributed by atoms with Gasteiger partial charge >= 0.3 is 21.5 Å². The summed E-state index contributed by atoms with van der Waals surface area (Å²) in [6.07, 6.45) is -2.67. The summed E-state index contributed by atoms with van der Waals surface area (Å²) >= 11 is 0. The second-order valence-corrected chi connectivity index (χ2v) is 10.4. The average molecular weight is 492 g/mol. The molecule has 0 radical (unpaired) electrons. The standard InChI is InChI=1S/C19H28F4O8S/c20-18(21,19(22,23)32(24,25)26)31-15(13-11-27-16(29-13)7-3-1-4-8-16)14-12-28-17(30-14)9-5-2-6-10-17/h13-15H,1-12H2,(H,24,25,26). The first-order valence-electron chi connectivity index (χ1n) is 10.9. The molecule has 13 heteroatoms. The van der Waals surface area contributed by atoms with Crippen LogP contribution in [0.1, 0.15) is 64.2 Å². The Balaban J connectivity index is 1.57. The van der Waals surface area contributed by atoms with Crippen molar-refractivity contribution in [3.63, 3.8) is 0 Å². The number of hydrogen-bond acceptors (Lipinski definition) is 7. The normalized spacial score (nSPS) is 31.9. The van der Waals surface area contributed by atoms with Gasteiger partial charge in [-0.2, -0.15) is 26.0 Å². The van der Waals surface area contributed by atoms with E-state index in [2.05, 4.69) is 4.74 Å². The zero-order chi connectivity index (χ0) is 23.3. The van der Waals surface area contributed by atoms with Gasteiger partial charge in [0.15, 0.2) is 11.6 Å². The first-order chi connectivity index (χ1) is 14.9. The van der Waals surface area contributed by atoms with Crippen molar-refractivity contribution in [1.29, 1.82) is 0 Å². The highest BCUT2D eigenvalue weighted by molar-refractivity contribution is 7.86. The number of hydrogen-bond donors (Lipinski definition) is 1. The van der Waals surface area contributed by atoms with Crippen molar-refractivity contribution in [3.05, 3.63) is 0 Å². The highest BCUT2D eigenvalue weighted by Crippen LogP contribution is 2.46. The summed E-state index contributed by atoms with van der Waals surface area (Å²) in [5.41, 5.74) is 0. The van der Waals surface area contributed by atoms with Gasteiger partial charge in [0.1, 0.15) is 18.3 Å². The van der Waals surface area contributed by atoms with Crippen molar-refractivity contribution in [2.24, 2.45) is 0 Å². The Morgan fingerprint density at radius 3 is 1.59 bits per heavy atom. The van der Waals surface area contributed by atoms with Gasteiger partial charge in [0.25, 0.3) is 0 Å². The molecule has 2 saturated carbocycles. The van der Waals surface area contributed by atoms with Crippen molar-refractivity contribution < 1.29 is 54.2 Å². The number of alkyl halides is 4. The SMILES string of the molecule is O=S(=O)(O)C(F)(F)C(F)(F)OC(C1COC2(CCCCC2)O1)C1COC2(CCCCC2)O1. The van der Waals surface area contributed by atoms with Crippen LogP contribution >= 0.6 is 0 Å². The number of rotatable bonds is 6. The maximum atomic E-state index is 14.4. The lowest BCUT2D eigenvalue weighted by Crippen LogP contribution is -2.55. The molecule has 0 aromatic heterocycles. The Morgan fingerprint density at radius 1 is 0.812 bits per heavy atom. The highest BCUT2D eigenvalue weighted by atomic mass is 32.2. The first-order valence-corrected chi connectivity index (χ1v) is 12.4. The van der Waals surface area contributed by atoms with Gasteiger partial charge < -0.3 is 23.7 Å². The quantitative estimate of drug-likeness (QED) is 0.444. The van der Waals surface area contributed by atoms with Crippen LogP contribution < -0.4 is 0 Å². The van der Waals surface area contributed by atoms with Crippen LogP contribution in [0.25, 0.3) is 0 Å². The Kier molecular flexibility index (Phi) is 6.58. The fourth-order valence-corrected chi connectivity index (χ4v) is 5.31. The number of ether oxygens (including phenoxy) is 5. The summed E-state index contributed by atoms with van der Waals surface area (Å²) in [6.45, 7) is -0.434. The van der Waals surface area contributed by atoms with Gasteiger partial charge in [-0.3, -0.25) is 4.55 Å². The summed E-state index contributed by atoms with van der Waals surface area (Å²) in [7, 11) is -6.46. The van der Waals surface area contributed by atoms with Crippen LogP contribution in [0.15, 0.2) is 0 Å². The van der Waals surface area contributed by atoms with Crippen LogP contribution in [0.5, 0.6) is 0 Å². The van der Waals surface area contributed by atoms with Crippen LogP contribution in [0, 0.1) is 0 Å². The van der Waals surface area contributed by atoms with Crippen molar-refractivity contribution >= 4 is 10.1 Å². The molecular weight excluding hydrogens is 464 g/mol. The summed E-state index contributed by atoms with van der Waals surface area (Å²) in [4.78, 5) is 0. The smallest absolute Gasteiger partial charge is 0.347 e. The zero-order valence-electron chi connectivity index (χ0n) is 17.4. The predicted octanol–water partition coefficient (Wildman–Crippen LogP) is 3.60. The maximum absolute atomic E-state index is 14.4. The van der Waals surface area contributed by atoms with E-state index in [1.54, 1.807) is 0 Å². The molecule has 2 atom stereocenters. The molecule has 2 heterocycles. The minimum Gasteiger partial charge on any atom is -0.347 e. The molecule has 2 aliphatic carbocycles. The van der Waals surface area contributed by atoms with Crippen molar-refractivity contribution in [3.8, 4) is 0 Å². The summed E-state index contributed by atoms with van der Waals surface area (Å²) in [6, 6.07) is 0. The van der Waals surface area contributed by atoms with E-state index >= 15 is 0 Å². The van der Waals surface area contributed by atoms with Crippen LogP contribution in [0.4, 0.5) is 17.6 Å². The van der Waals surface area contributed by atoms with E-state index in [-0.39, 0.29) is 13.2 Å². The molecule has 2 unspecified atom stereocenters. The molecule has 2 saturated heterocycles. The summed E-state index contributed by atoms with van der Waals surface area (Å²) < 4.78 is 115. The lowest BCUT2D eigenvalue weighted by Gasteiger charge is -2.36. The van der Waals surface area contributed by atoms with E-state index in [1.807, 2.05) is 0 Å². The van der Waals surface area contributed by atoms with Crippen LogP contribution in [0.2, 0.25) is 0 Å². The van der Waals surface area contributed by atoms with Crippen molar-refractivity contribution in [1.82, 2.24) is 0 Å². The molecule has 4 aliphatic rings. The van der Waals surface area contributed by atoms with Gasteiger partial charge in [0, 0.05) is 25.7 Å². The zero-order valence-corrected chi connectivity index (χ0v) is 18.3.